The second-order valence-corrected chi connectivity index (χ2v) is 8.47. The number of nitrogens with one attached hydrogen (secondary N) is 1. The topological polar surface area (TPSA) is 65.5 Å². The van der Waals surface area contributed by atoms with E-state index in [-0.39, 0.29) is 18.2 Å². The molecule has 0 unspecified atom stereocenters. The highest BCUT2D eigenvalue weighted by Gasteiger charge is 2.23. The van der Waals surface area contributed by atoms with Crippen molar-refractivity contribution in [2.24, 2.45) is 11.8 Å². The Morgan fingerprint density at radius 3 is 2.67 bits per heavy atom. The number of thiazole rings is 1. The first kappa shape index (κ1) is 17.5. The molecule has 1 aromatic heterocycles. The van der Waals surface area contributed by atoms with Crippen molar-refractivity contribution in [2.75, 3.05) is 25.0 Å². The molecule has 1 aromatic rings. The molecule has 0 bridgehead atoms. The average molecular weight is 352 g/mol. The van der Waals surface area contributed by atoms with E-state index >= 15 is 0 Å². The van der Waals surface area contributed by atoms with Gasteiger partial charge in [-0.25, -0.2) is 0 Å². The van der Waals surface area contributed by atoms with E-state index in [9.17, 15) is 9.90 Å². The van der Waals surface area contributed by atoms with Crippen molar-refractivity contribution in [1.29, 1.82) is 0 Å². The summed E-state index contributed by atoms with van der Waals surface area (Å²) in [5.74, 6) is 1.55. The number of hydrogen-bond donors (Lipinski definition) is 2. The summed E-state index contributed by atoms with van der Waals surface area (Å²) in [7, 11) is 0. The van der Waals surface area contributed by atoms with Crippen LogP contribution in [0.5, 0.6) is 5.88 Å². The molecule has 5 nitrogen and oxygen atoms in total. The smallest absolute Gasteiger partial charge is 0.228 e. The van der Waals surface area contributed by atoms with Gasteiger partial charge in [0.15, 0.2) is 5.13 Å². The summed E-state index contributed by atoms with van der Waals surface area (Å²) in [6, 6.07) is 0. The van der Waals surface area contributed by atoms with E-state index in [1.165, 1.54) is 43.4 Å². The molecular formula is C18H29N3O2S. The quantitative estimate of drug-likeness (QED) is 0.850. The van der Waals surface area contributed by atoms with E-state index in [0.717, 1.165) is 37.6 Å². The molecule has 0 spiro atoms. The lowest BCUT2D eigenvalue weighted by Gasteiger charge is -2.30. The molecule has 0 radical (unpaired) electrons. The van der Waals surface area contributed by atoms with Crippen molar-refractivity contribution in [3.63, 3.8) is 0 Å². The van der Waals surface area contributed by atoms with Crippen LogP contribution in [0.2, 0.25) is 0 Å². The van der Waals surface area contributed by atoms with Crippen LogP contribution in [0.4, 0.5) is 5.13 Å². The summed E-state index contributed by atoms with van der Waals surface area (Å²) >= 11 is 1.42. The molecule has 1 saturated carbocycles. The molecule has 3 rings (SSSR count). The summed E-state index contributed by atoms with van der Waals surface area (Å²) in [5, 5.41) is 14.1. The predicted octanol–water partition coefficient (Wildman–Crippen LogP) is 3.64. The van der Waals surface area contributed by atoms with Crippen molar-refractivity contribution >= 4 is 22.4 Å². The first-order chi connectivity index (χ1) is 11.6. The fourth-order valence-electron chi connectivity index (χ4n) is 3.66. The summed E-state index contributed by atoms with van der Waals surface area (Å²) in [6.45, 7) is 4.84. The highest BCUT2D eigenvalue weighted by Crippen LogP contribution is 2.30. The summed E-state index contributed by atoms with van der Waals surface area (Å²) in [4.78, 5) is 19.2. The van der Waals surface area contributed by atoms with E-state index < -0.39 is 0 Å². The maximum atomic E-state index is 12.4. The molecule has 134 valence electrons. The SMILES string of the molecule is CC1CCN(C(=O)Cc2sc(NCC3CCCCC3)nc2O)CC1. The fraction of sp³-hybridized carbons (Fsp3) is 0.778. The van der Waals surface area contributed by atoms with E-state index in [1.807, 2.05) is 4.90 Å². The third-order valence-corrected chi connectivity index (χ3v) is 6.39. The molecule has 1 aliphatic carbocycles. The third kappa shape index (κ3) is 4.62. The highest BCUT2D eigenvalue weighted by atomic mass is 32.1. The Morgan fingerprint density at radius 2 is 1.96 bits per heavy atom. The molecule has 1 aliphatic heterocycles. The number of carbonyl (C=O) groups excluding carboxylic acids is 1. The minimum Gasteiger partial charge on any atom is -0.492 e. The van der Waals surface area contributed by atoms with E-state index in [2.05, 4.69) is 17.2 Å². The van der Waals surface area contributed by atoms with Gasteiger partial charge in [-0.15, -0.1) is 0 Å². The number of piperidine rings is 1. The fourth-order valence-corrected chi connectivity index (χ4v) is 4.52. The Labute approximate surface area is 148 Å². The zero-order chi connectivity index (χ0) is 16.9. The van der Waals surface area contributed by atoms with E-state index in [0.29, 0.717) is 16.7 Å². The van der Waals surface area contributed by atoms with Gasteiger partial charge < -0.3 is 15.3 Å². The van der Waals surface area contributed by atoms with Crippen LogP contribution in [-0.2, 0) is 11.2 Å². The lowest BCUT2D eigenvalue weighted by atomic mass is 9.89. The minimum atomic E-state index is 0.0184. The van der Waals surface area contributed by atoms with Gasteiger partial charge in [0.2, 0.25) is 11.8 Å². The van der Waals surface area contributed by atoms with Gasteiger partial charge in [-0.3, -0.25) is 4.79 Å². The number of aromatic nitrogens is 1. The van der Waals surface area contributed by atoms with Crippen LogP contribution in [0.15, 0.2) is 0 Å². The van der Waals surface area contributed by atoms with Crippen LogP contribution in [0.25, 0.3) is 0 Å². The van der Waals surface area contributed by atoms with Crippen molar-refractivity contribution < 1.29 is 9.90 Å². The number of carbonyl (C=O) groups is 1. The Kier molecular flexibility index (Phi) is 5.98. The summed E-state index contributed by atoms with van der Waals surface area (Å²) < 4.78 is 0. The van der Waals surface area contributed by atoms with Crippen molar-refractivity contribution in [1.82, 2.24) is 9.88 Å². The number of hydrogen-bond acceptors (Lipinski definition) is 5. The first-order valence-corrected chi connectivity index (χ1v) is 10.1. The van der Waals surface area contributed by atoms with Gasteiger partial charge in [0.25, 0.3) is 0 Å². The Morgan fingerprint density at radius 1 is 1.25 bits per heavy atom. The largest absolute Gasteiger partial charge is 0.492 e. The molecular weight excluding hydrogens is 322 g/mol. The van der Waals surface area contributed by atoms with Crippen molar-refractivity contribution in [3.05, 3.63) is 4.88 Å². The number of amides is 1. The number of aromatic hydroxyl groups is 1. The molecule has 1 saturated heterocycles. The molecule has 2 fully saturated rings. The lowest BCUT2D eigenvalue weighted by Crippen LogP contribution is -2.38. The van der Waals surface area contributed by atoms with Crippen LogP contribution in [0.1, 0.15) is 56.7 Å². The molecule has 0 atom stereocenters. The van der Waals surface area contributed by atoms with Crippen LogP contribution >= 0.6 is 11.3 Å². The van der Waals surface area contributed by atoms with Gasteiger partial charge >= 0.3 is 0 Å². The third-order valence-electron chi connectivity index (χ3n) is 5.39. The number of likely N-dealkylation sites (tertiary alicyclic amines) is 1. The Balaban J connectivity index is 1.50. The van der Waals surface area contributed by atoms with Crippen molar-refractivity contribution in [2.45, 2.75) is 58.3 Å². The zero-order valence-corrected chi connectivity index (χ0v) is 15.4. The molecule has 2 heterocycles. The lowest BCUT2D eigenvalue weighted by molar-refractivity contribution is -0.131. The van der Waals surface area contributed by atoms with Gasteiger partial charge in [-0.05, 0) is 37.5 Å². The van der Waals surface area contributed by atoms with E-state index in [4.69, 9.17) is 0 Å². The van der Waals surface area contributed by atoms with E-state index in [1.54, 1.807) is 0 Å². The second kappa shape index (κ2) is 8.19. The standard InChI is InChI=1S/C18H29N3O2S/c1-13-7-9-21(10-8-13)16(22)11-15-17(23)20-18(24-15)19-12-14-5-3-2-4-6-14/h13-14,23H,2-12H2,1H3,(H,19,20). The second-order valence-electron chi connectivity index (χ2n) is 7.39. The van der Waals surface area contributed by atoms with Crippen LogP contribution in [0.3, 0.4) is 0 Å². The number of nitrogens with zero attached hydrogens (tertiary/aromatic N) is 2. The Hall–Kier alpha value is -1.30. The predicted molar refractivity (Wildman–Crippen MR) is 97.5 cm³/mol. The van der Waals surface area contributed by atoms with Crippen LogP contribution in [-0.4, -0.2) is 40.5 Å². The highest BCUT2D eigenvalue weighted by molar-refractivity contribution is 7.16. The van der Waals surface area contributed by atoms with Gasteiger partial charge in [-0.1, -0.05) is 37.5 Å². The van der Waals surface area contributed by atoms with Gasteiger partial charge in [0.05, 0.1) is 11.3 Å². The first-order valence-electron chi connectivity index (χ1n) is 9.32. The average Bonchev–Trinajstić information content (AvgIpc) is 2.94. The molecule has 2 N–H and O–H groups in total. The van der Waals surface area contributed by atoms with Crippen molar-refractivity contribution in [3.8, 4) is 5.88 Å². The molecule has 2 aliphatic rings. The number of rotatable bonds is 5. The molecule has 24 heavy (non-hydrogen) atoms. The Bertz CT molecular complexity index is 546. The van der Waals surface area contributed by atoms with Gasteiger partial charge in [0.1, 0.15) is 0 Å². The maximum Gasteiger partial charge on any atom is 0.228 e. The maximum absolute atomic E-state index is 12.4. The normalized spacial score (nSPS) is 20.3. The van der Waals surface area contributed by atoms with Gasteiger partial charge in [0, 0.05) is 19.6 Å². The monoisotopic (exact) mass is 351 g/mol. The van der Waals surface area contributed by atoms with Crippen LogP contribution in [0, 0.1) is 11.8 Å². The minimum absolute atomic E-state index is 0.0184. The molecule has 1 amide bonds. The summed E-state index contributed by atoms with van der Waals surface area (Å²) in [6.07, 6.45) is 8.99. The van der Waals surface area contributed by atoms with Gasteiger partial charge in [-0.2, -0.15) is 4.98 Å². The van der Waals surface area contributed by atoms with Crippen LogP contribution < -0.4 is 5.32 Å². The number of anilines is 1. The molecule has 6 heteroatoms. The summed E-state index contributed by atoms with van der Waals surface area (Å²) in [5.41, 5.74) is 0. The molecule has 0 aromatic carbocycles. The zero-order valence-electron chi connectivity index (χ0n) is 14.6.